The summed E-state index contributed by atoms with van der Waals surface area (Å²) in [5, 5.41) is 12.7. The molecule has 6 heteroatoms. The van der Waals surface area contributed by atoms with Gasteiger partial charge >= 0.3 is 5.97 Å². The van der Waals surface area contributed by atoms with Crippen LogP contribution in [0.4, 0.5) is 5.13 Å². The lowest BCUT2D eigenvalue weighted by atomic mass is 9.79. The fourth-order valence-corrected chi connectivity index (χ4v) is 4.09. The average Bonchev–Trinajstić information content (AvgIpc) is 2.96. The van der Waals surface area contributed by atoms with Crippen molar-refractivity contribution in [2.45, 2.75) is 32.6 Å². The number of aromatic nitrogens is 1. The summed E-state index contributed by atoms with van der Waals surface area (Å²) in [6.45, 7) is 1.97. The number of amides is 1. The molecule has 0 spiro atoms. The summed E-state index contributed by atoms with van der Waals surface area (Å²) in [6, 6.07) is 9.81. The zero-order chi connectivity index (χ0) is 17.1. The maximum absolute atomic E-state index is 12.5. The van der Waals surface area contributed by atoms with Crippen LogP contribution in [0.15, 0.2) is 30.3 Å². The van der Waals surface area contributed by atoms with Gasteiger partial charge in [0.05, 0.1) is 17.5 Å². The van der Waals surface area contributed by atoms with Crippen LogP contribution >= 0.6 is 11.3 Å². The highest BCUT2D eigenvalue weighted by Crippen LogP contribution is 2.33. The molecule has 0 unspecified atom stereocenters. The molecule has 0 saturated heterocycles. The number of anilines is 1. The van der Waals surface area contributed by atoms with Crippen LogP contribution in [0.25, 0.3) is 11.3 Å². The molecule has 0 aliphatic heterocycles. The number of carboxylic acids is 1. The summed E-state index contributed by atoms with van der Waals surface area (Å²) in [4.78, 5) is 29.5. The van der Waals surface area contributed by atoms with Gasteiger partial charge in [-0.2, -0.15) is 0 Å². The van der Waals surface area contributed by atoms with Gasteiger partial charge in [0.1, 0.15) is 0 Å². The molecular formula is C18H20N2O3S. The van der Waals surface area contributed by atoms with E-state index in [9.17, 15) is 14.7 Å². The van der Waals surface area contributed by atoms with Gasteiger partial charge in [-0.25, -0.2) is 4.98 Å². The molecule has 5 nitrogen and oxygen atoms in total. The van der Waals surface area contributed by atoms with E-state index in [4.69, 9.17) is 0 Å². The second kappa shape index (κ2) is 7.13. The molecular weight excluding hydrogens is 324 g/mol. The number of aryl methyl sites for hydroxylation is 1. The molecule has 2 atom stereocenters. The monoisotopic (exact) mass is 344 g/mol. The van der Waals surface area contributed by atoms with Crippen molar-refractivity contribution in [3.63, 3.8) is 0 Å². The number of thiazole rings is 1. The number of aliphatic carboxylic acids is 1. The van der Waals surface area contributed by atoms with Gasteiger partial charge in [-0.05, 0) is 19.8 Å². The molecule has 2 aromatic rings. The summed E-state index contributed by atoms with van der Waals surface area (Å²) in [5.41, 5.74) is 1.86. The number of carbonyl (C=O) groups is 2. The third-order valence-electron chi connectivity index (χ3n) is 4.49. The number of nitrogens with zero attached hydrogens (tertiary/aromatic N) is 1. The Labute approximate surface area is 144 Å². The van der Waals surface area contributed by atoms with Crippen molar-refractivity contribution in [3.8, 4) is 11.3 Å². The van der Waals surface area contributed by atoms with Crippen molar-refractivity contribution in [3.05, 3.63) is 35.2 Å². The van der Waals surface area contributed by atoms with Gasteiger partial charge in [0, 0.05) is 10.4 Å². The van der Waals surface area contributed by atoms with Crippen molar-refractivity contribution >= 4 is 28.3 Å². The van der Waals surface area contributed by atoms with Gasteiger partial charge in [-0.3, -0.25) is 9.59 Å². The van der Waals surface area contributed by atoms with E-state index in [-0.39, 0.29) is 5.91 Å². The number of benzene rings is 1. The Morgan fingerprint density at radius 1 is 1.17 bits per heavy atom. The highest BCUT2D eigenvalue weighted by atomic mass is 32.1. The van der Waals surface area contributed by atoms with Crippen molar-refractivity contribution in [1.29, 1.82) is 0 Å². The van der Waals surface area contributed by atoms with E-state index >= 15 is 0 Å². The van der Waals surface area contributed by atoms with Crippen LogP contribution in [0.2, 0.25) is 0 Å². The smallest absolute Gasteiger partial charge is 0.307 e. The van der Waals surface area contributed by atoms with E-state index in [1.165, 1.54) is 11.3 Å². The normalized spacial score (nSPS) is 20.5. The van der Waals surface area contributed by atoms with E-state index in [1.54, 1.807) is 0 Å². The molecule has 1 aromatic heterocycles. The van der Waals surface area contributed by atoms with Crippen molar-refractivity contribution in [2.75, 3.05) is 5.32 Å². The minimum atomic E-state index is -0.879. The van der Waals surface area contributed by atoms with Crippen molar-refractivity contribution in [2.24, 2.45) is 11.8 Å². The Bertz CT molecular complexity index is 742. The van der Waals surface area contributed by atoms with E-state index in [0.717, 1.165) is 29.0 Å². The van der Waals surface area contributed by atoms with E-state index < -0.39 is 17.8 Å². The van der Waals surface area contributed by atoms with Gasteiger partial charge in [0.2, 0.25) is 5.91 Å². The molecule has 1 aliphatic carbocycles. The fourth-order valence-electron chi connectivity index (χ4n) is 3.25. The third-order valence-corrected chi connectivity index (χ3v) is 5.38. The minimum Gasteiger partial charge on any atom is -0.481 e. The summed E-state index contributed by atoms with van der Waals surface area (Å²) >= 11 is 1.42. The molecule has 1 fully saturated rings. The Morgan fingerprint density at radius 2 is 1.83 bits per heavy atom. The van der Waals surface area contributed by atoms with E-state index in [2.05, 4.69) is 10.3 Å². The van der Waals surface area contributed by atoms with Crippen LogP contribution in [0.3, 0.4) is 0 Å². The number of rotatable bonds is 4. The molecule has 3 rings (SSSR count). The molecule has 2 N–H and O–H groups in total. The van der Waals surface area contributed by atoms with Crippen LogP contribution < -0.4 is 5.32 Å². The lowest BCUT2D eigenvalue weighted by Crippen LogP contribution is -2.36. The quantitative estimate of drug-likeness (QED) is 0.880. The molecule has 0 bridgehead atoms. The number of carboxylic acid groups (broad SMARTS) is 1. The van der Waals surface area contributed by atoms with Crippen LogP contribution in [0.5, 0.6) is 0 Å². The lowest BCUT2D eigenvalue weighted by molar-refractivity contribution is -0.147. The first-order chi connectivity index (χ1) is 11.6. The summed E-state index contributed by atoms with van der Waals surface area (Å²) < 4.78 is 0. The van der Waals surface area contributed by atoms with Crippen LogP contribution in [-0.4, -0.2) is 22.0 Å². The first-order valence-electron chi connectivity index (χ1n) is 8.13. The number of nitrogens with one attached hydrogen (secondary N) is 1. The molecule has 24 heavy (non-hydrogen) atoms. The lowest BCUT2D eigenvalue weighted by Gasteiger charge is -2.26. The molecule has 1 aliphatic rings. The number of hydrogen-bond donors (Lipinski definition) is 2. The standard InChI is InChI=1S/C18H20N2O3S/c1-11-15(12-7-3-2-4-8-12)19-18(24-11)20-16(21)13-9-5-6-10-14(13)17(22)23/h2-4,7-8,13-14H,5-6,9-10H2,1H3,(H,22,23)(H,19,20,21)/t13-,14+/m0/s1. The Morgan fingerprint density at radius 3 is 2.50 bits per heavy atom. The molecule has 126 valence electrons. The van der Waals surface area contributed by atoms with Crippen molar-refractivity contribution < 1.29 is 14.7 Å². The minimum absolute atomic E-state index is 0.226. The van der Waals surface area contributed by atoms with Crippen LogP contribution in [-0.2, 0) is 9.59 Å². The van der Waals surface area contributed by atoms with Crippen LogP contribution in [0.1, 0.15) is 30.6 Å². The highest BCUT2D eigenvalue weighted by molar-refractivity contribution is 7.16. The maximum atomic E-state index is 12.5. The SMILES string of the molecule is Cc1sc(NC(=O)[C@H]2CCCC[C@H]2C(=O)O)nc1-c1ccccc1. The zero-order valence-corrected chi connectivity index (χ0v) is 14.3. The maximum Gasteiger partial charge on any atom is 0.307 e. The van der Waals surface area contributed by atoms with Crippen LogP contribution in [0, 0.1) is 18.8 Å². The second-order valence-electron chi connectivity index (χ2n) is 6.11. The Balaban J connectivity index is 1.76. The molecule has 1 amide bonds. The molecule has 1 heterocycles. The zero-order valence-electron chi connectivity index (χ0n) is 13.5. The van der Waals surface area contributed by atoms with Gasteiger partial charge in [-0.15, -0.1) is 11.3 Å². The Hall–Kier alpha value is -2.21. The first-order valence-corrected chi connectivity index (χ1v) is 8.94. The highest BCUT2D eigenvalue weighted by Gasteiger charge is 2.36. The van der Waals surface area contributed by atoms with Crippen molar-refractivity contribution in [1.82, 2.24) is 4.98 Å². The molecule has 1 aromatic carbocycles. The van der Waals surface area contributed by atoms with Gasteiger partial charge in [0.25, 0.3) is 0 Å². The summed E-state index contributed by atoms with van der Waals surface area (Å²) in [5.74, 6) is -2.17. The molecule has 0 radical (unpaired) electrons. The van der Waals surface area contributed by atoms with E-state index in [1.807, 2.05) is 37.3 Å². The summed E-state index contributed by atoms with van der Waals surface area (Å²) in [7, 11) is 0. The average molecular weight is 344 g/mol. The second-order valence-corrected chi connectivity index (χ2v) is 7.32. The predicted molar refractivity (Wildman–Crippen MR) is 94.0 cm³/mol. The van der Waals surface area contributed by atoms with E-state index in [0.29, 0.717) is 18.0 Å². The van der Waals surface area contributed by atoms with Gasteiger partial charge in [0.15, 0.2) is 5.13 Å². The van der Waals surface area contributed by atoms with Gasteiger partial charge < -0.3 is 10.4 Å². The number of hydrogen-bond acceptors (Lipinski definition) is 4. The Kier molecular flexibility index (Phi) is 4.94. The topological polar surface area (TPSA) is 79.3 Å². The predicted octanol–water partition coefficient (Wildman–Crippen LogP) is 3.95. The number of carbonyl (C=O) groups excluding carboxylic acids is 1. The third kappa shape index (κ3) is 3.48. The first kappa shape index (κ1) is 16.6. The molecule has 1 saturated carbocycles. The summed E-state index contributed by atoms with van der Waals surface area (Å²) in [6.07, 6.45) is 2.96. The van der Waals surface area contributed by atoms with Gasteiger partial charge in [-0.1, -0.05) is 43.2 Å². The largest absolute Gasteiger partial charge is 0.481 e. The fraction of sp³-hybridized carbons (Fsp3) is 0.389.